The zero-order chi connectivity index (χ0) is 68.6. The number of hydrogen-bond donors (Lipinski definition) is 0. The molecule has 0 aliphatic rings. The molecule has 0 radical (unpaired) electrons. The number of nitrogens with zero attached hydrogens (tertiary/aromatic N) is 29. The van der Waals surface area contributed by atoms with Gasteiger partial charge in [-0.15, -0.1) is 20.4 Å². The summed E-state index contributed by atoms with van der Waals surface area (Å²) in [6.45, 7) is 32.1. The Hall–Kier alpha value is -10.8. The molecule has 13 rings (SSSR count). The molecule has 0 N–H and O–H groups in total. The first-order valence-electron chi connectivity index (χ1n) is 28.0. The Morgan fingerprint density at radius 3 is 0.945 bits per heavy atom. The molecule has 0 saturated heterocycles. The third-order valence-electron chi connectivity index (χ3n) is 9.67. The summed E-state index contributed by atoms with van der Waals surface area (Å²) in [6, 6.07) is 5.75. The predicted octanol–water partition coefficient (Wildman–Crippen LogP) is 7.49. The van der Waals surface area contributed by atoms with Crippen LogP contribution in [0.1, 0.15) is 97.7 Å². The van der Waals surface area contributed by atoms with E-state index in [0.29, 0.717) is 17.5 Å². The van der Waals surface area contributed by atoms with E-state index in [2.05, 4.69) is 106 Å². The number of aromatic nitrogens is 29. The molecule has 91 heavy (non-hydrogen) atoms. The molecule has 0 fully saturated rings. The first-order chi connectivity index (χ1) is 42.7. The summed E-state index contributed by atoms with van der Waals surface area (Å²) in [7, 11) is 16.9. The molecule has 13 heterocycles. The molecule has 13 aromatic heterocycles. The van der Waals surface area contributed by atoms with Gasteiger partial charge in [-0.1, -0.05) is 25.9 Å². The Balaban J connectivity index is 0.000000493. The van der Waals surface area contributed by atoms with E-state index in [-0.39, 0.29) is 0 Å². The summed E-state index contributed by atoms with van der Waals surface area (Å²) in [4.78, 5) is 24.9. The van der Waals surface area contributed by atoms with Gasteiger partial charge in [-0.2, -0.15) is 30.2 Å². The molecule has 0 saturated carbocycles. The predicted molar refractivity (Wildman–Crippen MR) is 340 cm³/mol. The van der Waals surface area contributed by atoms with Gasteiger partial charge >= 0.3 is 0 Å². The van der Waals surface area contributed by atoms with Crippen molar-refractivity contribution in [1.82, 2.24) is 144 Å². The van der Waals surface area contributed by atoms with Crippen LogP contribution in [-0.2, 0) is 63.4 Å². The van der Waals surface area contributed by atoms with Crippen LogP contribution >= 0.6 is 0 Å². The van der Waals surface area contributed by atoms with E-state index in [1.165, 1.54) is 10.4 Å². The van der Waals surface area contributed by atoms with Crippen LogP contribution in [0.3, 0.4) is 0 Å². The van der Waals surface area contributed by atoms with Gasteiger partial charge in [0.25, 0.3) is 0 Å². The van der Waals surface area contributed by atoms with E-state index in [9.17, 15) is 0 Å². The lowest BCUT2D eigenvalue weighted by molar-refractivity contribution is 0.389. The molecule has 0 aliphatic carbocycles. The Labute approximate surface area is 532 Å². The molecular weight excluding hydrogens is 1170 g/mol. The average Bonchev–Trinajstić information content (AvgIpc) is 4.26. The molecule has 0 atom stereocenters. The van der Waals surface area contributed by atoms with Crippen molar-refractivity contribution < 1.29 is 18.0 Å². The number of tetrazole rings is 1. The zero-order valence-electron chi connectivity index (χ0n) is 57.8. The fourth-order valence-corrected chi connectivity index (χ4v) is 6.22. The smallest absolute Gasteiger partial charge is 0.223 e. The summed E-state index contributed by atoms with van der Waals surface area (Å²) in [5.74, 6) is 6.15. The van der Waals surface area contributed by atoms with Crippen LogP contribution in [-0.4, -0.2) is 144 Å². The summed E-state index contributed by atoms with van der Waals surface area (Å²) in [5.41, 5.74) is 9.17. The van der Waals surface area contributed by atoms with E-state index in [1.54, 1.807) is 87.5 Å². The maximum atomic E-state index is 4.85. The van der Waals surface area contributed by atoms with E-state index in [0.717, 1.165) is 74.6 Å². The number of rotatable bonds is 0. The number of oxazole rings is 1. The summed E-state index contributed by atoms with van der Waals surface area (Å²) in [6.07, 6.45) is 22.0. The lowest BCUT2D eigenvalue weighted by Gasteiger charge is -1.79. The van der Waals surface area contributed by atoms with Crippen molar-refractivity contribution in [1.29, 1.82) is 0 Å². The van der Waals surface area contributed by atoms with Gasteiger partial charge in [0, 0.05) is 120 Å². The highest BCUT2D eigenvalue weighted by Gasteiger charge is 1.93. The molecule has 494 valence electrons. The third-order valence-corrected chi connectivity index (χ3v) is 9.67. The maximum absolute atomic E-state index is 4.85. The number of hydrogen-bond acceptors (Lipinski definition) is 24. The Morgan fingerprint density at radius 2 is 0.846 bits per heavy atom. The topological polar surface area (TPSA) is 355 Å². The van der Waals surface area contributed by atoms with Crippen LogP contribution in [0, 0.1) is 118 Å². The molecule has 0 aromatic carbocycles. The molecule has 0 aliphatic heterocycles. The van der Waals surface area contributed by atoms with Gasteiger partial charge in [-0.25, -0.2) is 24.9 Å². The van der Waals surface area contributed by atoms with Crippen molar-refractivity contribution in [3.63, 3.8) is 0 Å². The van der Waals surface area contributed by atoms with Crippen molar-refractivity contribution >= 4 is 0 Å². The maximum Gasteiger partial charge on any atom is 0.223 e. The number of aryl methyl sites for hydroxylation is 26. The SMILES string of the molecule is Cc1cc(C)on1.Cc1cc(C)on1.Cc1ccn(C)n1.Cc1cn(C)cn1.Cc1cn(C)cn1.Cc1cn(C)nn1.Cc1cn(C)nn1.Cc1cnn(C)c1.Cc1coc(C)n1.Cc1ncn(C)n1.Cc1ncn(C)n1.Cc1nnn(C)n1.Cc1noc(C)n1. The second-order valence-electron chi connectivity index (χ2n) is 20.0. The van der Waals surface area contributed by atoms with Crippen LogP contribution in [0.5, 0.6) is 0 Å². The van der Waals surface area contributed by atoms with Gasteiger partial charge in [-0.3, -0.25) is 28.1 Å². The van der Waals surface area contributed by atoms with E-state index < -0.39 is 0 Å². The molecule has 0 spiro atoms. The lowest BCUT2D eigenvalue weighted by Crippen LogP contribution is -1.91. The molecule has 13 aromatic rings. The Morgan fingerprint density at radius 1 is 0.352 bits per heavy atom. The first kappa shape index (κ1) is 78.3. The quantitative estimate of drug-likeness (QED) is 0.142. The third kappa shape index (κ3) is 41.9. The standard InChI is InChI=1S/4C5H8N2.3C5H7NO.4C4H7N3.C4H6N2O.C3H6N4/c2*1-5-3-7(2)4-6-5;1-5-3-6-7(2)4-5;1-5-3-4-7(2)6-5;1-4-3-7-5(2)6-4;2*1-4-3-5(2)7-6-4;2*1-4-5-3-7(2)6-4;2*1-4-3-7(2)6-5-4;1-3-5-4(2)7-6-3;1-3-4-6-7(2)5-3/h4*3-4H,1-2H3;7*3H,1-2H3;2*1-2H3. The normalized spacial score (nSPS) is 9.43. The molecule has 33 heteroatoms. The van der Waals surface area contributed by atoms with Crippen LogP contribution < -0.4 is 0 Å². The molecule has 0 bridgehead atoms. The average molecular weight is 1260 g/mol. The molecular formula is C58H93N29O4. The second-order valence-corrected chi connectivity index (χ2v) is 20.0. The van der Waals surface area contributed by atoms with Gasteiger partial charge in [0.2, 0.25) is 5.89 Å². The van der Waals surface area contributed by atoms with Crippen LogP contribution in [0.2, 0.25) is 0 Å². The van der Waals surface area contributed by atoms with Gasteiger partial charge < -0.3 is 27.1 Å². The van der Waals surface area contributed by atoms with Gasteiger partial charge in [-0.05, 0) is 121 Å². The highest BCUT2D eigenvalue weighted by Crippen LogP contribution is 1.99. The van der Waals surface area contributed by atoms with Crippen LogP contribution in [0.4, 0.5) is 0 Å². The van der Waals surface area contributed by atoms with Crippen molar-refractivity contribution in [2.45, 2.75) is 118 Å². The highest BCUT2D eigenvalue weighted by molar-refractivity contribution is 5.01. The molecule has 0 amide bonds. The van der Waals surface area contributed by atoms with E-state index in [1.807, 2.05) is 224 Å². The minimum Gasteiger partial charge on any atom is -0.449 e. The first-order valence-corrected chi connectivity index (χ1v) is 28.0. The van der Waals surface area contributed by atoms with Crippen molar-refractivity contribution in [3.05, 3.63) is 191 Å². The van der Waals surface area contributed by atoms with Crippen molar-refractivity contribution in [2.75, 3.05) is 0 Å². The van der Waals surface area contributed by atoms with Crippen LogP contribution in [0.25, 0.3) is 0 Å². The zero-order valence-corrected chi connectivity index (χ0v) is 57.8. The van der Waals surface area contributed by atoms with Gasteiger partial charge in [0.05, 0.1) is 71.5 Å². The lowest BCUT2D eigenvalue weighted by atomic mass is 10.4. The van der Waals surface area contributed by atoms with E-state index >= 15 is 0 Å². The monoisotopic (exact) mass is 1260 g/mol. The molecule has 0 unspecified atom stereocenters. The van der Waals surface area contributed by atoms with E-state index in [4.69, 9.17) is 13.5 Å². The number of imidazole rings is 2. The van der Waals surface area contributed by atoms with Crippen molar-refractivity contribution in [2.24, 2.45) is 63.4 Å². The van der Waals surface area contributed by atoms with Crippen molar-refractivity contribution in [3.8, 4) is 0 Å². The summed E-state index contributed by atoms with van der Waals surface area (Å²) < 4.78 is 33.0. The van der Waals surface area contributed by atoms with Gasteiger partial charge in [0.1, 0.15) is 42.1 Å². The minimum absolute atomic E-state index is 0.623. The van der Waals surface area contributed by atoms with Gasteiger partial charge in [0.15, 0.2) is 17.5 Å². The minimum atomic E-state index is 0.623. The van der Waals surface area contributed by atoms with Crippen LogP contribution in [0.15, 0.2) is 111 Å². The second kappa shape index (κ2) is 43.0. The summed E-state index contributed by atoms with van der Waals surface area (Å²) in [5, 5.41) is 52.4. The summed E-state index contributed by atoms with van der Waals surface area (Å²) >= 11 is 0. The highest BCUT2D eigenvalue weighted by atomic mass is 16.5. The fraction of sp³-hybridized carbons (Fsp3) is 0.448. The Bertz CT molecular complexity index is 2740. The largest absolute Gasteiger partial charge is 0.449 e. The fourth-order valence-electron chi connectivity index (χ4n) is 6.22. The Kier molecular flexibility index (Phi) is 37.0. The molecule has 33 nitrogen and oxygen atoms in total.